The number of hydrogen-bond donors (Lipinski definition) is 0. The summed E-state index contributed by atoms with van der Waals surface area (Å²) in [4.78, 5) is 0. The summed E-state index contributed by atoms with van der Waals surface area (Å²) in [5, 5.41) is 0. The summed E-state index contributed by atoms with van der Waals surface area (Å²) in [5.41, 5.74) is 0.0335. The lowest BCUT2D eigenvalue weighted by molar-refractivity contribution is 0.204. The highest BCUT2D eigenvalue weighted by molar-refractivity contribution is 7.54. The van der Waals surface area contributed by atoms with Gasteiger partial charge in [-0.1, -0.05) is 19.1 Å². The Morgan fingerprint density at radius 1 is 1.24 bits per heavy atom. The van der Waals surface area contributed by atoms with E-state index in [-0.39, 0.29) is 5.66 Å². The quantitative estimate of drug-likeness (QED) is 0.525. The molecule has 0 aromatic rings. The van der Waals surface area contributed by atoms with E-state index >= 15 is 0 Å². The molecule has 0 fully saturated rings. The van der Waals surface area contributed by atoms with Gasteiger partial charge in [0.25, 0.3) is 0 Å². The van der Waals surface area contributed by atoms with E-state index in [0.29, 0.717) is 19.1 Å². The second-order valence-corrected chi connectivity index (χ2v) is 6.63. The average molecular weight is 260 g/mol. The van der Waals surface area contributed by atoms with Crippen molar-refractivity contribution in [2.24, 2.45) is 5.92 Å². The fraction of sp³-hybridized carbons (Fsp3) is 0.846. The minimum Gasteiger partial charge on any atom is -0.309 e. The number of allylic oxidation sites excluding steroid dienone is 2. The van der Waals surface area contributed by atoms with E-state index in [0.717, 1.165) is 25.7 Å². The molecule has 0 amide bonds. The Hall–Kier alpha value is -0.110. The average Bonchev–Trinajstić information content (AvgIpc) is 2.54. The number of hydrogen-bond acceptors (Lipinski definition) is 3. The first-order valence-electron chi connectivity index (χ1n) is 6.73. The Bertz CT molecular complexity index is 278. The van der Waals surface area contributed by atoms with Crippen LogP contribution in [0.4, 0.5) is 0 Å². The van der Waals surface area contributed by atoms with Crippen LogP contribution in [0.5, 0.6) is 0 Å². The van der Waals surface area contributed by atoms with Gasteiger partial charge in [-0.2, -0.15) is 0 Å². The predicted octanol–water partition coefficient (Wildman–Crippen LogP) is 4.39. The summed E-state index contributed by atoms with van der Waals surface area (Å²) in [5.74, 6) is 0.321. The first-order chi connectivity index (χ1) is 8.18. The van der Waals surface area contributed by atoms with Crippen molar-refractivity contribution in [3.8, 4) is 0 Å². The molecule has 3 nitrogen and oxygen atoms in total. The van der Waals surface area contributed by atoms with E-state index in [4.69, 9.17) is 9.05 Å². The van der Waals surface area contributed by atoms with Crippen LogP contribution in [0.15, 0.2) is 12.2 Å². The lowest BCUT2D eigenvalue weighted by atomic mass is 10.0. The largest absolute Gasteiger partial charge is 0.334 e. The topological polar surface area (TPSA) is 35.5 Å². The molecule has 0 unspecified atom stereocenters. The predicted molar refractivity (Wildman–Crippen MR) is 71.4 cm³/mol. The monoisotopic (exact) mass is 260 g/mol. The molecule has 0 aliphatic heterocycles. The van der Waals surface area contributed by atoms with Crippen molar-refractivity contribution in [1.82, 2.24) is 0 Å². The van der Waals surface area contributed by atoms with Gasteiger partial charge in [-0.15, -0.1) is 0 Å². The highest BCUT2D eigenvalue weighted by Gasteiger charge is 2.39. The third-order valence-electron chi connectivity index (χ3n) is 3.24. The zero-order valence-corrected chi connectivity index (χ0v) is 12.1. The summed E-state index contributed by atoms with van der Waals surface area (Å²) in [6.45, 7) is 6.79. The second-order valence-electron chi connectivity index (χ2n) is 4.37. The van der Waals surface area contributed by atoms with Crippen LogP contribution in [0.2, 0.25) is 0 Å². The summed E-state index contributed by atoms with van der Waals surface area (Å²) >= 11 is 0. The van der Waals surface area contributed by atoms with Crippen LogP contribution in [0.25, 0.3) is 0 Å². The fourth-order valence-electron chi connectivity index (χ4n) is 2.45. The summed E-state index contributed by atoms with van der Waals surface area (Å²) in [6, 6.07) is 0. The molecule has 1 aliphatic rings. The Balaban J connectivity index is 2.89. The van der Waals surface area contributed by atoms with E-state index in [1.54, 1.807) is 0 Å². The molecule has 4 heteroatoms. The minimum absolute atomic E-state index is 0.0335. The highest BCUT2D eigenvalue weighted by atomic mass is 31.2. The van der Waals surface area contributed by atoms with Crippen LogP contribution in [-0.2, 0) is 13.6 Å². The first-order valence-corrected chi connectivity index (χ1v) is 8.34. The SMILES string of the molecule is CCOP(=O)(OCC)[C@@H]1CCCC=C[C@H]1CC. The Morgan fingerprint density at radius 3 is 2.41 bits per heavy atom. The molecule has 1 rings (SSSR count). The van der Waals surface area contributed by atoms with E-state index in [2.05, 4.69) is 19.1 Å². The van der Waals surface area contributed by atoms with Crippen LogP contribution in [0, 0.1) is 5.92 Å². The van der Waals surface area contributed by atoms with Crippen LogP contribution in [0.3, 0.4) is 0 Å². The van der Waals surface area contributed by atoms with E-state index in [1.807, 2.05) is 13.8 Å². The standard InChI is InChI=1S/C13H25O3P/c1-4-12-10-8-7-9-11-13(12)17(14,15-5-2)16-6-3/h8,10,12-13H,4-7,9,11H2,1-3H3/t12-,13-/m1/s1. The molecular weight excluding hydrogens is 235 g/mol. The maximum absolute atomic E-state index is 12.8. The molecule has 100 valence electrons. The Labute approximate surface area is 105 Å². The molecule has 17 heavy (non-hydrogen) atoms. The Morgan fingerprint density at radius 2 is 1.88 bits per heavy atom. The smallest absolute Gasteiger partial charge is 0.309 e. The fourth-order valence-corrected chi connectivity index (χ4v) is 4.90. The summed E-state index contributed by atoms with van der Waals surface area (Å²) in [6.07, 6.45) is 8.47. The van der Waals surface area contributed by atoms with Crippen molar-refractivity contribution in [1.29, 1.82) is 0 Å². The number of rotatable bonds is 6. The normalized spacial score (nSPS) is 25.8. The van der Waals surface area contributed by atoms with E-state index in [1.165, 1.54) is 0 Å². The van der Waals surface area contributed by atoms with Gasteiger partial charge in [0.2, 0.25) is 0 Å². The molecule has 0 N–H and O–H groups in total. The van der Waals surface area contributed by atoms with Gasteiger partial charge < -0.3 is 9.05 Å². The first kappa shape index (κ1) is 14.9. The van der Waals surface area contributed by atoms with Gasteiger partial charge in [0.1, 0.15) is 0 Å². The zero-order chi connectivity index (χ0) is 12.7. The van der Waals surface area contributed by atoms with E-state index in [9.17, 15) is 4.57 Å². The highest BCUT2D eigenvalue weighted by Crippen LogP contribution is 2.58. The third kappa shape index (κ3) is 3.94. The van der Waals surface area contributed by atoms with Gasteiger partial charge in [0, 0.05) is 0 Å². The summed E-state index contributed by atoms with van der Waals surface area (Å²) < 4.78 is 23.8. The van der Waals surface area contributed by atoms with Gasteiger partial charge >= 0.3 is 7.60 Å². The second kappa shape index (κ2) is 7.35. The van der Waals surface area contributed by atoms with Crippen molar-refractivity contribution < 1.29 is 13.6 Å². The van der Waals surface area contributed by atoms with Gasteiger partial charge in [0.15, 0.2) is 0 Å². The van der Waals surface area contributed by atoms with Crippen LogP contribution in [-0.4, -0.2) is 18.9 Å². The van der Waals surface area contributed by atoms with Crippen molar-refractivity contribution in [3.05, 3.63) is 12.2 Å². The molecule has 0 radical (unpaired) electrons. The molecule has 1 aliphatic carbocycles. The van der Waals surface area contributed by atoms with Crippen LogP contribution < -0.4 is 0 Å². The van der Waals surface area contributed by atoms with Crippen molar-refractivity contribution in [3.63, 3.8) is 0 Å². The molecule has 2 atom stereocenters. The van der Waals surface area contributed by atoms with Crippen molar-refractivity contribution in [2.45, 2.75) is 52.1 Å². The maximum atomic E-state index is 12.8. The Kier molecular flexibility index (Phi) is 6.47. The van der Waals surface area contributed by atoms with Gasteiger partial charge in [0.05, 0.1) is 18.9 Å². The lowest BCUT2D eigenvalue weighted by Crippen LogP contribution is -2.21. The lowest BCUT2D eigenvalue weighted by Gasteiger charge is -2.29. The summed E-state index contributed by atoms with van der Waals surface area (Å²) in [7, 11) is -2.95. The molecule has 0 saturated heterocycles. The van der Waals surface area contributed by atoms with E-state index < -0.39 is 7.60 Å². The van der Waals surface area contributed by atoms with Crippen LogP contribution in [0.1, 0.15) is 46.5 Å². The molecular formula is C13H25O3P. The third-order valence-corrected chi connectivity index (χ3v) is 5.93. The zero-order valence-electron chi connectivity index (χ0n) is 11.2. The molecule has 0 aromatic carbocycles. The van der Waals surface area contributed by atoms with Crippen LogP contribution >= 0.6 is 7.60 Å². The van der Waals surface area contributed by atoms with Gasteiger partial charge in [-0.05, 0) is 45.4 Å². The molecule has 0 aromatic heterocycles. The van der Waals surface area contributed by atoms with Crippen molar-refractivity contribution >= 4 is 7.60 Å². The molecule has 0 saturated carbocycles. The minimum atomic E-state index is -2.95. The molecule has 0 heterocycles. The van der Waals surface area contributed by atoms with Gasteiger partial charge in [-0.3, -0.25) is 4.57 Å². The maximum Gasteiger partial charge on any atom is 0.334 e. The molecule has 0 bridgehead atoms. The van der Waals surface area contributed by atoms with Crippen molar-refractivity contribution in [2.75, 3.05) is 13.2 Å². The van der Waals surface area contributed by atoms with Gasteiger partial charge in [-0.25, -0.2) is 0 Å². The molecule has 0 spiro atoms.